The maximum atomic E-state index is 10.4. The van der Waals surface area contributed by atoms with Crippen LogP contribution in [-0.2, 0) is 17.6 Å². The summed E-state index contributed by atoms with van der Waals surface area (Å²) in [6, 6.07) is 4.34. The van der Waals surface area contributed by atoms with Crippen molar-refractivity contribution in [1.29, 1.82) is 0 Å². The number of aryl methyl sites for hydroxylation is 2. The first-order valence-corrected chi connectivity index (χ1v) is 11.5. The van der Waals surface area contributed by atoms with Gasteiger partial charge in [-0.25, -0.2) is 0 Å². The topological polar surface area (TPSA) is 50.4 Å². The number of furan rings is 1. The molecule has 0 aromatic carbocycles. The van der Waals surface area contributed by atoms with Crippen LogP contribution in [0.2, 0.25) is 0 Å². The molecule has 0 atom stereocenters. The largest absolute Gasteiger partial charge is 0.481 e. The van der Waals surface area contributed by atoms with E-state index in [9.17, 15) is 4.79 Å². The lowest BCUT2D eigenvalue weighted by atomic mass is 10.1. The second-order valence-corrected chi connectivity index (χ2v) is 7.96. The fourth-order valence-corrected chi connectivity index (χ4v) is 3.58. The number of unbranched alkanes of at least 4 members (excludes halogenated alkanes) is 13. The van der Waals surface area contributed by atoms with Crippen molar-refractivity contribution in [2.45, 2.75) is 122 Å². The average molecular weight is 379 g/mol. The van der Waals surface area contributed by atoms with Gasteiger partial charge in [0.2, 0.25) is 0 Å². The Kier molecular flexibility index (Phi) is 14.9. The van der Waals surface area contributed by atoms with E-state index in [-0.39, 0.29) is 0 Å². The van der Waals surface area contributed by atoms with Crippen LogP contribution in [0.4, 0.5) is 0 Å². The zero-order valence-electron chi connectivity index (χ0n) is 17.6. The molecule has 0 spiro atoms. The lowest BCUT2D eigenvalue weighted by Crippen LogP contribution is -1.93. The summed E-state index contributed by atoms with van der Waals surface area (Å²) in [4.78, 5) is 10.4. The zero-order chi connectivity index (χ0) is 19.6. The number of rotatable bonds is 19. The van der Waals surface area contributed by atoms with Gasteiger partial charge in [-0.05, 0) is 31.4 Å². The highest BCUT2D eigenvalue weighted by atomic mass is 16.4. The molecule has 1 aromatic rings. The summed E-state index contributed by atoms with van der Waals surface area (Å²) in [5.74, 6) is 1.65. The molecule has 0 aliphatic heterocycles. The third-order valence-electron chi connectivity index (χ3n) is 5.31. The van der Waals surface area contributed by atoms with Crippen molar-refractivity contribution >= 4 is 5.97 Å². The molecule has 156 valence electrons. The van der Waals surface area contributed by atoms with Gasteiger partial charge in [0.15, 0.2) is 0 Å². The molecule has 27 heavy (non-hydrogen) atoms. The number of aliphatic carboxylic acids is 1. The summed E-state index contributed by atoms with van der Waals surface area (Å²) >= 11 is 0. The molecular weight excluding hydrogens is 336 g/mol. The van der Waals surface area contributed by atoms with Crippen LogP contribution in [0.15, 0.2) is 16.5 Å². The monoisotopic (exact) mass is 378 g/mol. The van der Waals surface area contributed by atoms with Gasteiger partial charge in [-0.2, -0.15) is 0 Å². The molecule has 1 aromatic heterocycles. The molecule has 3 heteroatoms. The molecule has 0 bridgehead atoms. The Bertz CT molecular complexity index is 464. The average Bonchev–Trinajstić information content (AvgIpc) is 3.10. The highest BCUT2D eigenvalue weighted by Gasteiger charge is 2.03. The standard InChI is InChI=1S/C24H42O3/c1-2-3-4-5-8-11-14-17-22-20-21-23(27-22)18-15-12-9-6-7-10-13-16-19-24(25)26/h20-21H,2-19H2,1H3,(H,25,26). The van der Waals surface area contributed by atoms with Crippen LogP contribution in [0.5, 0.6) is 0 Å². The van der Waals surface area contributed by atoms with Gasteiger partial charge in [0.25, 0.3) is 0 Å². The molecule has 1 heterocycles. The minimum Gasteiger partial charge on any atom is -0.481 e. The van der Waals surface area contributed by atoms with Crippen LogP contribution in [0.25, 0.3) is 0 Å². The van der Waals surface area contributed by atoms with Crippen molar-refractivity contribution in [3.05, 3.63) is 23.7 Å². The predicted molar refractivity (Wildman–Crippen MR) is 113 cm³/mol. The van der Waals surface area contributed by atoms with Crippen LogP contribution < -0.4 is 0 Å². The Morgan fingerprint density at radius 3 is 1.56 bits per heavy atom. The number of carboxylic acids is 1. The molecule has 0 radical (unpaired) electrons. The van der Waals surface area contributed by atoms with Crippen LogP contribution in [-0.4, -0.2) is 11.1 Å². The molecule has 0 aliphatic carbocycles. The van der Waals surface area contributed by atoms with E-state index >= 15 is 0 Å². The number of hydrogen-bond donors (Lipinski definition) is 1. The van der Waals surface area contributed by atoms with Crippen molar-refractivity contribution in [3.63, 3.8) is 0 Å². The van der Waals surface area contributed by atoms with E-state index in [1.54, 1.807) is 0 Å². The van der Waals surface area contributed by atoms with E-state index < -0.39 is 5.97 Å². The fourth-order valence-electron chi connectivity index (χ4n) is 3.58. The SMILES string of the molecule is CCCCCCCCCc1ccc(CCCCCCCCCCC(=O)O)o1. The second kappa shape index (κ2) is 16.9. The third kappa shape index (κ3) is 14.5. The lowest BCUT2D eigenvalue weighted by molar-refractivity contribution is -0.137. The molecule has 3 nitrogen and oxygen atoms in total. The van der Waals surface area contributed by atoms with Crippen LogP contribution in [0, 0.1) is 0 Å². The molecule has 1 rings (SSSR count). The normalized spacial score (nSPS) is 11.1. The van der Waals surface area contributed by atoms with E-state index in [4.69, 9.17) is 9.52 Å². The van der Waals surface area contributed by atoms with Gasteiger partial charge < -0.3 is 9.52 Å². The van der Waals surface area contributed by atoms with E-state index in [1.807, 2.05) is 0 Å². The van der Waals surface area contributed by atoms with E-state index in [0.29, 0.717) is 6.42 Å². The Balaban J connectivity index is 1.91. The van der Waals surface area contributed by atoms with Gasteiger partial charge in [-0.3, -0.25) is 4.79 Å². The lowest BCUT2D eigenvalue weighted by Gasteiger charge is -2.02. The molecular formula is C24H42O3. The highest BCUT2D eigenvalue weighted by Crippen LogP contribution is 2.16. The first kappa shape index (κ1) is 23.8. The minimum absolute atomic E-state index is 0.324. The molecule has 0 saturated heterocycles. The molecule has 0 aliphatic rings. The van der Waals surface area contributed by atoms with Crippen molar-refractivity contribution in [3.8, 4) is 0 Å². The van der Waals surface area contributed by atoms with Gasteiger partial charge >= 0.3 is 5.97 Å². The smallest absolute Gasteiger partial charge is 0.303 e. The van der Waals surface area contributed by atoms with Gasteiger partial charge in [-0.1, -0.05) is 84.0 Å². The van der Waals surface area contributed by atoms with E-state index in [0.717, 1.165) is 31.4 Å². The Labute approximate surface area is 166 Å². The summed E-state index contributed by atoms with van der Waals surface area (Å²) in [6.07, 6.45) is 21.3. The van der Waals surface area contributed by atoms with Crippen LogP contribution in [0.1, 0.15) is 121 Å². The van der Waals surface area contributed by atoms with Gasteiger partial charge in [-0.15, -0.1) is 0 Å². The number of carboxylic acid groups (broad SMARTS) is 1. The van der Waals surface area contributed by atoms with Gasteiger partial charge in [0.1, 0.15) is 11.5 Å². The zero-order valence-corrected chi connectivity index (χ0v) is 17.6. The highest BCUT2D eigenvalue weighted by molar-refractivity contribution is 5.66. The molecule has 1 N–H and O–H groups in total. The first-order valence-electron chi connectivity index (χ1n) is 11.5. The van der Waals surface area contributed by atoms with Crippen molar-refractivity contribution in [1.82, 2.24) is 0 Å². The maximum Gasteiger partial charge on any atom is 0.303 e. The molecule has 0 unspecified atom stereocenters. The summed E-state index contributed by atoms with van der Waals surface area (Å²) in [6.45, 7) is 2.27. The van der Waals surface area contributed by atoms with Gasteiger partial charge in [0.05, 0.1) is 0 Å². The van der Waals surface area contributed by atoms with Crippen molar-refractivity contribution in [2.75, 3.05) is 0 Å². The minimum atomic E-state index is -0.668. The summed E-state index contributed by atoms with van der Waals surface area (Å²) in [7, 11) is 0. The first-order chi connectivity index (χ1) is 13.2. The molecule has 0 saturated carbocycles. The fraction of sp³-hybridized carbons (Fsp3) is 0.792. The predicted octanol–water partition coefficient (Wildman–Crippen LogP) is 7.71. The number of carbonyl (C=O) groups is 1. The summed E-state index contributed by atoms with van der Waals surface area (Å²) < 4.78 is 5.97. The van der Waals surface area contributed by atoms with Gasteiger partial charge in [0, 0.05) is 19.3 Å². The molecule has 0 amide bonds. The quantitative estimate of drug-likeness (QED) is 0.251. The Morgan fingerprint density at radius 1 is 0.704 bits per heavy atom. The van der Waals surface area contributed by atoms with Crippen LogP contribution in [0.3, 0.4) is 0 Å². The van der Waals surface area contributed by atoms with E-state index in [2.05, 4.69) is 19.1 Å². The second-order valence-electron chi connectivity index (χ2n) is 7.96. The summed E-state index contributed by atoms with van der Waals surface area (Å²) in [5.41, 5.74) is 0. The summed E-state index contributed by atoms with van der Waals surface area (Å²) in [5, 5.41) is 8.59. The Morgan fingerprint density at radius 2 is 1.11 bits per heavy atom. The van der Waals surface area contributed by atoms with Crippen molar-refractivity contribution < 1.29 is 14.3 Å². The Hall–Kier alpha value is -1.25. The molecule has 0 fully saturated rings. The van der Waals surface area contributed by atoms with Crippen molar-refractivity contribution in [2.24, 2.45) is 0 Å². The van der Waals surface area contributed by atoms with E-state index in [1.165, 1.54) is 89.2 Å². The number of hydrogen-bond acceptors (Lipinski definition) is 2. The van der Waals surface area contributed by atoms with Crippen LogP contribution >= 0.6 is 0 Å². The third-order valence-corrected chi connectivity index (χ3v) is 5.31. The maximum absolute atomic E-state index is 10.4.